The molecule has 0 atom stereocenters. The van der Waals surface area contributed by atoms with Gasteiger partial charge >= 0.3 is 12.5 Å². The van der Waals surface area contributed by atoms with Gasteiger partial charge in [-0.3, -0.25) is 9.59 Å². The maximum atomic E-state index is 15.0. The van der Waals surface area contributed by atoms with Crippen LogP contribution in [0.15, 0.2) is 48.5 Å². The number of rotatable bonds is 6. The number of hydrogen-bond donors (Lipinski definition) is 2. The smallest absolute Gasteiger partial charge is 0.456 e. The van der Waals surface area contributed by atoms with Crippen molar-refractivity contribution in [2.24, 2.45) is 5.73 Å². The average Bonchev–Trinajstić information content (AvgIpc) is 2.74. The van der Waals surface area contributed by atoms with Crippen LogP contribution in [0.4, 0.5) is 40.8 Å². The van der Waals surface area contributed by atoms with Crippen LogP contribution in [0.5, 0.6) is 17.2 Å². The van der Waals surface area contributed by atoms with Crippen LogP contribution in [0.25, 0.3) is 0 Å². The summed E-state index contributed by atoms with van der Waals surface area (Å²) in [6, 6.07) is 6.10. The van der Waals surface area contributed by atoms with Crippen LogP contribution in [-0.4, -0.2) is 18.2 Å². The normalized spacial score (nSPS) is 11.7. The maximum absolute atomic E-state index is 15.0. The fourth-order valence-corrected chi connectivity index (χ4v) is 3.11. The van der Waals surface area contributed by atoms with Gasteiger partial charge in [0.1, 0.15) is 28.6 Å². The number of anilines is 1. The third-order valence-electron chi connectivity index (χ3n) is 4.73. The van der Waals surface area contributed by atoms with E-state index in [1.165, 1.54) is 6.92 Å². The Kier molecular flexibility index (Phi) is 7.32. The first kappa shape index (κ1) is 27.2. The van der Waals surface area contributed by atoms with Gasteiger partial charge in [0.15, 0.2) is 5.82 Å². The van der Waals surface area contributed by atoms with Crippen molar-refractivity contribution in [3.8, 4) is 17.2 Å². The molecule has 3 aromatic rings. The van der Waals surface area contributed by atoms with Crippen molar-refractivity contribution in [2.75, 3.05) is 5.32 Å². The minimum absolute atomic E-state index is 0.00181. The van der Waals surface area contributed by atoms with Crippen molar-refractivity contribution in [2.45, 2.75) is 19.5 Å². The number of amides is 2. The van der Waals surface area contributed by atoms with Crippen LogP contribution in [0, 0.1) is 18.6 Å². The van der Waals surface area contributed by atoms with Gasteiger partial charge in [0, 0.05) is 5.69 Å². The largest absolute Gasteiger partial charge is 0.573 e. The molecule has 2 amide bonds. The van der Waals surface area contributed by atoms with Gasteiger partial charge in [-0.1, -0.05) is 0 Å². The van der Waals surface area contributed by atoms with Gasteiger partial charge in [-0.25, -0.2) is 8.78 Å². The molecule has 14 heteroatoms. The lowest BCUT2D eigenvalue weighted by atomic mass is 10.1. The van der Waals surface area contributed by atoms with Gasteiger partial charge in [0.05, 0.1) is 11.1 Å². The number of nitrogens with one attached hydrogen (secondary N) is 1. The van der Waals surface area contributed by atoms with Crippen LogP contribution in [0.2, 0.25) is 0 Å². The molecule has 37 heavy (non-hydrogen) atoms. The number of nitrogens with two attached hydrogens (primary N) is 1. The van der Waals surface area contributed by atoms with Crippen LogP contribution in [0.1, 0.15) is 31.8 Å². The number of halogens is 8. The molecule has 3 rings (SSSR count). The molecule has 0 saturated heterocycles. The van der Waals surface area contributed by atoms with E-state index in [2.05, 4.69) is 4.74 Å². The first-order chi connectivity index (χ1) is 17.1. The van der Waals surface area contributed by atoms with E-state index in [1.807, 2.05) is 5.32 Å². The second-order valence-corrected chi connectivity index (χ2v) is 7.39. The predicted octanol–water partition coefficient (Wildman–Crippen LogP) is 6.33. The number of benzene rings is 3. The highest BCUT2D eigenvalue weighted by atomic mass is 19.4. The Labute approximate surface area is 202 Å². The lowest BCUT2D eigenvalue weighted by molar-refractivity contribution is -0.274. The van der Waals surface area contributed by atoms with E-state index in [1.54, 1.807) is 0 Å². The molecule has 0 heterocycles. The van der Waals surface area contributed by atoms with Gasteiger partial charge < -0.3 is 20.5 Å². The highest BCUT2D eigenvalue weighted by Crippen LogP contribution is 2.38. The van der Waals surface area contributed by atoms with E-state index < -0.39 is 64.2 Å². The predicted molar refractivity (Wildman–Crippen MR) is 112 cm³/mol. The summed E-state index contributed by atoms with van der Waals surface area (Å²) in [5.74, 6) is -7.35. The minimum atomic E-state index is -5.21. The summed E-state index contributed by atoms with van der Waals surface area (Å²) < 4.78 is 115. The Morgan fingerprint density at radius 1 is 0.892 bits per heavy atom. The molecule has 0 unspecified atom stereocenters. The Bertz CT molecular complexity index is 1370. The second-order valence-electron chi connectivity index (χ2n) is 7.39. The molecule has 0 saturated carbocycles. The van der Waals surface area contributed by atoms with E-state index in [-0.39, 0.29) is 17.0 Å². The number of carbonyl (C=O) groups is 2. The Morgan fingerprint density at radius 3 is 2.11 bits per heavy atom. The maximum Gasteiger partial charge on any atom is 0.573 e. The van der Waals surface area contributed by atoms with E-state index in [0.717, 1.165) is 36.4 Å². The van der Waals surface area contributed by atoms with E-state index in [4.69, 9.17) is 10.5 Å². The van der Waals surface area contributed by atoms with Crippen molar-refractivity contribution in [1.82, 2.24) is 0 Å². The van der Waals surface area contributed by atoms with E-state index in [9.17, 15) is 44.7 Å². The fourth-order valence-electron chi connectivity index (χ4n) is 3.11. The standard InChI is InChI=1S/C23H14F8N2O4/c1-10-8-12(37-23(29,30)31)3-6-16(10)36-17-7-4-14(22(26,27)28)19(25)18(17)21(35)33-11-2-5-15(24)13(9-11)20(32)34/h2-9H,1H3,(H2,32,34)(H,33,35). The zero-order valence-corrected chi connectivity index (χ0v) is 18.4. The fraction of sp³-hybridized carbons (Fsp3) is 0.130. The molecule has 0 aliphatic heterocycles. The van der Waals surface area contributed by atoms with Crippen molar-refractivity contribution in [3.63, 3.8) is 0 Å². The van der Waals surface area contributed by atoms with Crippen LogP contribution in [-0.2, 0) is 6.18 Å². The Hall–Kier alpha value is -4.36. The topological polar surface area (TPSA) is 90.7 Å². The van der Waals surface area contributed by atoms with Crippen molar-refractivity contribution in [1.29, 1.82) is 0 Å². The van der Waals surface area contributed by atoms with Crippen molar-refractivity contribution >= 4 is 17.5 Å². The lowest BCUT2D eigenvalue weighted by Gasteiger charge is -2.17. The number of alkyl halides is 6. The van der Waals surface area contributed by atoms with Gasteiger partial charge in [-0.05, 0) is 61.0 Å². The highest BCUT2D eigenvalue weighted by molar-refractivity contribution is 6.07. The van der Waals surface area contributed by atoms with Gasteiger partial charge in [0.2, 0.25) is 0 Å². The minimum Gasteiger partial charge on any atom is -0.456 e. The molecule has 196 valence electrons. The molecule has 0 bridgehead atoms. The first-order valence-corrected chi connectivity index (χ1v) is 9.91. The highest BCUT2D eigenvalue weighted by Gasteiger charge is 2.37. The summed E-state index contributed by atoms with van der Waals surface area (Å²) in [5.41, 5.74) is 1.01. The van der Waals surface area contributed by atoms with Crippen LogP contribution < -0.4 is 20.5 Å². The third-order valence-corrected chi connectivity index (χ3v) is 4.73. The molecule has 0 radical (unpaired) electrons. The molecular weight excluding hydrogens is 520 g/mol. The molecule has 0 aliphatic carbocycles. The average molecular weight is 534 g/mol. The summed E-state index contributed by atoms with van der Waals surface area (Å²) in [6.07, 6.45) is -10.2. The molecule has 0 aromatic heterocycles. The summed E-state index contributed by atoms with van der Waals surface area (Å²) in [4.78, 5) is 24.2. The molecule has 3 aromatic carbocycles. The molecule has 0 spiro atoms. The number of aryl methyl sites for hydroxylation is 1. The summed E-state index contributed by atoms with van der Waals surface area (Å²) >= 11 is 0. The van der Waals surface area contributed by atoms with E-state index >= 15 is 0 Å². The SMILES string of the molecule is Cc1cc(OC(F)(F)F)ccc1Oc1ccc(C(F)(F)F)c(F)c1C(=O)Nc1ccc(F)c(C(N)=O)c1. The number of primary amides is 1. The van der Waals surface area contributed by atoms with E-state index in [0.29, 0.717) is 12.1 Å². The number of carbonyl (C=O) groups excluding carboxylic acids is 2. The first-order valence-electron chi connectivity index (χ1n) is 9.91. The lowest BCUT2D eigenvalue weighted by Crippen LogP contribution is -2.20. The zero-order valence-electron chi connectivity index (χ0n) is 18.4. The van der Waals surface area contributed by atoms with Gasteiger partial charge in [0.25, 0.3) is 11.8 Å². The molecular formula is C23H14F8N2O4. The monoisotopic (exact) mass is 534 g/mol. The quantitative estimate of drug-likeness (QED) is 0.362. The van der Waals surface area contributed by atoms with Crippen LogP contribution >= 0.6 is 0 Å². The Balaban J connectivity index is 2.04. The zero-order chi connectivity index (χ0) is 27.7. The molecule has 0 aliphatic rings. The molecule has 0 fully saturated rings. The summed E-state index contributed by atoms with van der Waals surface area (Å²) in [7, 11) is 0. The summed E-state index contributed by atoms with van der Waals surface area (Å²) in [6.45, 7) is 1.27. The van der Waals surface area contributed by atoms with Crippen LogP contribution in [0.3, 0.4) is 0 Å². The Morgan fingerprint density at radius 2 is 1.54 bits per heavy atom. The van der Waals surface area contributed by atoms with Gasteiger partial charge in [-0.15, -0.1) is 13.2 Å². The third kappa shape index (κ3) is 6.45. The molecule has 6 nitrogen and oxygen atoms in total. The van der Waals surface area contributed by atoms with Crippen molar-refractivity contribution < 1.29 is 54.2 Å². The molecule has 3 N–H and O–H groups in total. The van der Waals surface area contributed by atoms with Crippen molar-refractivity contribution in [3.05, 3.63) is 82.4 Å². The van der Waals surface area contributed by atoms with Gasteiger partial charge in [-0.2, -0.15) is 13.2 Å². The summed E-state index contributed by atoms with van der Waals surface area (Å²) in [5, 5.41) is 2.03. The number of ether oxygens (including phenoxy) is 2. The number of hydrogen-bond acceptors (Lipinski definition) is 4. The second kappa shape index (κ2) is 9.95.